The quantitative estimate of drug-likeness (QED) is 0.771. The molecule has 0 aliphatic carbocycles. The third-order valence-electron chi connectivity index (χ3n) is 2.66. The van der Waals surface area contributed by atoms with Gasteiger partial charge in [-0.25, -0.2) is 4.98 Å². The molecule has 0 saturated heterocycles. The molecule has 0 fully saturated rings. The van der Waals surface area contributed by atoms with Gasteiger partial charge in [0.15, 0.2) is 0 Å². The number of hydrogen-bond acceptors (Lipinski definition) is 6. The minimum Gasteiger partial charge on any atom is -0.382 e. The van der Waals surface area contributed by atoms with E-state index in [9.17, 15) is 0 Å². The van der Waals surface area contributed by atoms with Crippen molar-refractivity contribution in [2.45, 2.75) is 6.54 Å². The number of thiazole rings is 1. The van der Waals surface area contributed by atoms with E-state index in [1.54, 1.807) is 17.5 Å². The Balaban J connectivity index is 1.87. The molecule has 4 nitrogen and oxygen atoms in total. The normalized spacial score (nSPS) is 10.5. The highest BCUT2D eigenvalue weighted by Crippen LogP contribution is 2.36. The molecule has 0 unspecified atom stereocenters. The van der Waals surface area contributed by atoms with E-state index in [4.69, 9.17) is 5.73 Å². The average Bonchev–Trinajstić information content (AvgIpc) is 3.07. The summed E-state index contributed by atoms with van der Waals surface area (Å²) < 4.78 is 4.23. The number of aromatic nitrogens is 2. The summed E-state index contributed by atoms with van der Waals surface area (Å²) in [6, 6.07) is 10.1. The van der Waals surface area contributed by atoms with Crippen LogP contribution in [0, 0.1) is 0 Å². The Bertz CT molecular complexity index is 647. The van der Waals surface area contributed by atoms with Crippen LogP contribution in [0.2, 0.25) is 0 Å². The summed E-state index contributed by atoms with van der Waals surface area (Å²) in [5, 5.41) is 7.36. The minimum atomic E-state index is 0.567. The monoisotopic (exact) mass is 288 g/mol. The van der Waals surface area contributed by atoms with Gasteiger partial charge in [-0.1, -0.05) is 30.3 Å². The largest absolute Gasteiger partial charge is 0.382 e. The first-order valence-electron chi connectivity index (χ1n) is 5.77. The van der Waals surface area contributed by atoms with Crippen molar-refractivity contribution in [2.75, 3.05) is 11.1 Å². The predicted octanol–water partition coefficient (Wildman–Crippen LogP) is 3.46. The lowest BCUT2D eigenvalue weighted by Gasteiger charge is -2.05. The number of nitrogens with zero attached hydrogens (tertiary/aromatic N) is 2. The van der Waals surface area contributed by atoms with Gasteiger partial charge in [0.2, 0.25) is 0 Å². The molecule has 0 aliphatic rings. The van der Waals surface area contributed by atoms with E-state index in [-0.39, 0.29) is 0 Å². The van der Waals surface area contributed by atoms with E-state index in [0.717, 1.165) is 21.1 Å². The van der Waals surface area contributed by atoms with E-state index in [0.29, 0.717) is 12.4 Å². The number of benzene rings is 1. The van der Waals surface area contributed by atoms with E-state index >= 15 is 0 Å². The van der Waals surface area contributed by atoms with Crippen molar-refractivity contribution >= 4 is 33.7 Å². The number of anilines is 2. The van der Waals surface area contributed by atoms with Gasteiger partial charge in [0.25, 0.3) is 0 Å². The van der Waals surface area contributed by atoms with Gasteiger partial charge in [-0.2, -0.15) is 4.37 Å². The van der Waals surface area contributed by atoms with Crippen LogP contribution in [-0.2, 0) is 6.54 Å². The maximum absolute atomic E-state index is 5.97. The van der Waals surface area contributed by atoms with Gasteiger partial charge in [-0.3, -0.25) is 0 Å². The average molecular weight is 288 g/mol. The lowest BCUT2D eigenvalue weighted by Crippen LogP contribution is -1.98. The first-order valence-corrected chi connectivity index (χ1v) is 7.42. The summed E-state index contributed by atoms with van der Waals surface area (Å²) in [6.45, 7) is 0.694. The molecule has 96 valence electrons. The molecule has 6 heteroatoms. The first-order chi connectivity index (χ1) is 9.34. The predicted molar refractivity (Wildman–Crippen MR) is 81.4 cm³/mol. The van der Waals surface area contributed by atoms with Crippen molar-refractivity contribution in [1.29, 1.82) is 0 Å². The molecular weight excluding hydrogens is 276 g/mol. The highest BCUT2D eigenvalue weighted by Gasteiger charge is 2.13. The zero-order valence-electron chi connectivity index (χ0n) is 10.0. The second-order valence-corrected chi connectivity index (χ2v) is 5.67. The molecule has 2 aromatic heterocycles. The minimum absolute atomic E-state index is 0.567. The molecule has 0 atom stereocenters. The van der Waals surface area contributed by atoms with Crippen LogP contribution in [0.1, 0.15) is 5.01 Å². The second-order valence-electron chi connectivity index (χ2n) is 3.92. The third kappa shape index (κ3) is 2.59. The van der Waals surface area contributed by atoms with Crippen molar-refractivity contribution in [3.8, 4) is 11.1 Å². The summed E-state index contributed by atoms with van der Waals surface area (Å²) in [7, 11) is 0. The standard InChI is InChI=1S/C13H12N4S2/c14-12-11(9-4-2-1-3-5-9)13(19-17-12)16-8-10-15-6-7-18-10/h1-7,16H,8H2,(H2,14,17). The van der Waals surface area contributed by atoms with Crippen LogP contribution in [0.5, 0.6) is 0 Å². The fourth-order valence-corrected chi connectivity index (χ4v) is 3.09. The van der Waals surface area contributed by atoms with Gasteiger partial charge in [0, 0.05) is 11.6 Å². The van der Waals surface area contributed by atoms with E-state index in [1.165, 1.54) is 11.5 Å². The van der Waals surface area contributed by atoms with Crippen LogP contribution in [-0.4, -0.2) is 9.36 Å². The van der Waals surface area contributed by atoms with Gasteiger partial charge in [0.05, 0.1) is 12.1 Å². The Kier molecular flexibility index (Phi) is 3.43. The first kappa shape index (κ1) is 12.1. The van der Waals surface area contributed by atoms with Crippen molar-refractivity contribution in [1.82, 2.24) is 9.36 Å². The smallest absolute Gasteiger partial charge is 0.147 e. The van der Waals surface area contributed by atoms with Gasteiger partial charge >= 0.3 is 0 Å². The summed E-state index contributed by atoms with van der Waals surface area (Å²) in [6.07, 6.45) is 1.81. The zero-order valence-corrected chi connectivity index (χ0v) is 11.7. The Labute approximate surface area is 119 Å². The van der Waals surface area contributed by atoms with Crippen LogP contribution in [0.4, 0.5) is 10.8 Å². The van der Waals surface area contributed by atoms with Crippen LogP contribution < -0.4 is 11.1 Å². The zero-order chi connectivity index (χ0) is 13.1. The van der Waals surface area contributed by atoms with Crippen molar-refractivity contribution in [3.05, 3.63) is 46.9 Å². The fraction of sp³-hybridized carbons (Fsp3) is 0.0769. The van der Waals surface area contributed by atoms with Gasteiger partial charge in [-0.05, 0) is 17.1 Å². The van der Waals surface area contributed by atoms with Crippen molar-refractivity contribution in [2.24, 2.45) is 0 Å². The SMILES string of the molecule is Nc1nsc(NCc2nccs2)c1-c1ccccc1. The van der Waals surface area contributed by atoms with Crippen LogP contribution in [0.3, 0.4) is 0 Å². The van der Waals surface area contributed by atoms with E-state index in [1.807, 2.05) is 35.7 Å². The molecule has 0 saturated carbocycles. The molecule has 0 aliphatic heterocycles. The molecule has 0 bridgehead atoms. The van der Waals surface area contributed by atoms with Crippen LogP contribution in [0.15, 0.2) is 41.9 Å². The molecule has 2 heterocycles. The third-order valence-corrected chi connectivity index (χ3v) is 4.26. The second kappa shape index (κ2) is 5.38. The lowest BCUT2D eigenvalue weighted by molar-refractivity contribution is 1.11. The van der Waals surface area contributed by atoms with Crippen molar-refractivity contribution < 1.29 is 0 Å². The number of nitrogen functional groups attached to an aromatic ring is 1. The Hall–Kier alpha value is -1.92. The molecule has 19 heavy (non-hydrogen) atoms. The molecule has 0 amide bonds. The molecule has 0 radical (unpaired) electrons. The number of nitrogens with one attached hydrogen (secondary N) is 1. The topological polar surface area (TPSA) is 63.8 Å². The maximum Gasteiger partial charge on any atom is 0.147 e. The van der Waals surface area contributed by atoms with E-state index < -0.39 is 0 Å². The molecule has 1 aromatic carbocycles. The summed E-state index contributed by atoms with van der Waals surface area (Å²) in [4.78, 5) is 4.25. The molecule has 3 aromatic rings. The number of hydrogen-bond donors (Lipinski definition) is 2. The summed E-state index contributed by atoms with van der Waals surface area (Å²) in [5.74, 6) is 0.567. The number of rotatable bonds is 4. The molecule has 0 spiro atoms. The highest BCUT2D eigenvalue weighted by molar-refractivity contribution is 7.11. The van der Waals surface area contributed by atoms with Crippen LogP contribution >= 0.6 is 22.9 Å². The summed E-state index contributed by atoms with van der Waals surface area (Å²) in [5.41, 5.74) is 8.02. The van der Waals surface area contributed by atoms with Crippen LogP contribution in [0.25, 0.3) is 11.1 Å². The number of nitrogens with two attached hydrogens (primary N) is 1. The fourth-order valence-electron chi connectivity index (χ4n) is 1.80. The molecular formula is C13H12N4S2. The highest BCUT2D eigenvalue weighted by atomic mass is 32.1. The molecule has 3 rings (SSSR count). The van der Waals surface area contributed by atoms with Crippen molar-refractivity contribution in [3.63, 3.8) is 0 Å². The lowest BCUT2D eigenvalue weighted by atomic mass is 10.1. The Morgan fingerprint density at radius 3 is 2.79 bits per heavy atom. The Morgan fingerprint density at radius 1 is 1.21 bits per heavy atom. The van der Waals surface area contributed by atoms with E-state index in [2.05, 4.69) is 14.7 Å². The Morgan fingerprint density at radius 2 is 2.05 bits per heavy atom. The van der Waals surface area contributed by atoms with Gasteiger partial charge < -0.3 is 11.1 Å². The molecule has 3 N–H and O–H groups in total. The maximum atomic E-state index is 5.97. The summed E-state index contributed by atoms with van der Waals surface area (Å²) >= 11 is 3.01. The van der Waals surface area contributed by atoms with Gasteiger partial charge in [-0.15, -0.1) is 11.3 Å². The van der Waals surface area contributed by atoms with Gasteiger partial charge in [0.1, 0.15) is 15.8 Å².